The molecule has 1 N–H and O–H groups in total. The third-order valence-corrected chi connectivity index (χ3v) is 2.82. The average molecular weight is 196 g/mol. The van der Waals surface area contributed by atoms with E-state index in [0.717, 1.165) is 24.9 Å². The van der Waals surface area contributed by atoms with E-state index in [0.29, 0.717) is 0 Å². The van der Waals surface area contributed by atoms with Crippen LogP contribution in [0.1, 0.15) is 20.3 Å². The molecule has 0 saturated carbocycles. The molecule has 2 atom stereocenters. The van der Waals surface area contributed by atoms with Crippen LogP contribution in [0.4, 0.5) is 0 Å². The predicted molar refractivity (Wildman–Crippen MR) is 62.5 cm³/mol. The number of nitrogens with zero attached hydrogens (tertiary/aromatic N) is 1. The Morgan fingerprint density at radius 1 is 1.36 bits per heavy atom. The monoisotopic (exact) mass is 196 g/mol. The fourth-order valence-corrected chi connectivity index (χ4v) is 2.54. The fraction of sp³-hybridized carbons (Fsp3) is 0.833. The lowest BCUT2D eigenvalue weighted by molar-refractivity contribution is 0.151. The highest BCUT2D eigenvalue weighted by Crippen LogP contribution is 2.21. The minimum Gasteiger partial charge on any atom is -0.316 e. The average Bonchev–Trinajstić information content (AvgIpc) is 2.01. The second-order valence-corrected chi connectivity index (χ2v) is 4.92. The highest BCUT2D eigenvalue weighted by atomic mass is 15.1. The molecule has 0 amide bonds. The molecule has 2 unspecified atom stereocenters. The summed E-state index contributed by atoms with van der Waals surface area (Å²) in [6.45, 7) is 13.3. The van der Waals surface area contributed by atoms with E-state index in [1.165, 1.54) is 25.1 Å². The first-order valence-electron chi connectivity index (χ1n) is 5.65. The van der Waals surface area contributed by atoms with Gasteiger partial charge in [0.15, 0.2) is 0 Å². The van der Waals surface area contributed by atoms with Crippen molar-refractivity contribution in [1.82, 2.24) is 10.2 Å². The van der Waals surface area contributed by atoms with Crippen molar-refractivity contribution in [3.8, 4) is 0 Å². The first-order chi connectivity index (χ1) is 6.61. The quantitative estimate of drug-likeness (QED) is 0.689. The normalized spacial score (nSPS) is 29.1. The van der Waals surface area contributed by atoms with Crippen molar-refractivity contribution in [2.75, 3.05) is 33.2 Å². The Morgan fingerprint density at radius 2 is 1.93 bits per heavy atom. The molecule has 2 nitrogen and oxygen atoms in total. The summed E-state index contributed by atoms with van der Waals surface area (Å²) >= 11 is 0. The topological polar surface area (TPSA) is 15.3 Å². The van der Waals surface area contributed by atoms with E-state index in [9.17, 15) is 0 Å². The standard InChI is InChI=1S/C12H24N2/c1-10-5-11(2)8-14(7-10)9-12(3)6-13-4/h10-11,13H,3,5-9H2,1-2,4H3. The van der Waals surface area contributed by atoms with Crippen LogP contribution in [-0.2, 0) is 0 Å². The molecule has 0 radical (unpaired) electrons. The van der Waals surface area contributed by atoms with Crippen molar-refractivity contribution in [2.45, 2.75) is 20.3 Å². The van der Waals surface area contributed by atoms with Crippen molar-refractivity contribution in [1.29, 1.82) is 0 Å². The summed E-state index contributed by atoms with van der Waals surface area (Å²) in [6, 6.07) is 0. The van der Waals surface area contributed by atoms with Gasteiger partial charge in [-0.05, 0) is 30.9 Å². The maximum absolute atomic E-state index is 4.08. The van der Waals surface area contributed by atoms with E-state index in [1.54, 1.807) is 0 Å². The molecule has 0 aromatic heterocycles. The maximum atomic E-state index is 4.08. The largest absolute Gasteiger partial charge is 0.316 e. The highest BCUT2D eigenvalue weighted by molar-refractivity contribution is 5.00. The summed E-state index contributed by atoms with van der Waals surface area (Å²) in [4.78, 5) is 2.54. The molecular weight excluding hydrogens is 172 g/mol. The molecular formula is C12H24N2. The summed E-state index contributed by atoms with van der Waals surface area (Å²) in [5, 5.41) is 3.15. The first kappa shape index (κ1) is 11.7. The van der Waals surface area contributed by atoms with Crippen molar-refractivity contribution in [3.05, 3.63) is 12.2 Å². The molecule has 14 heavy (non-hydrogen) atoms. The zero-order chi connectivity index (χ0) is 10.6. The predicted octanol–water partition coefficient (Wildman–Crippen LogP) is 1.74. The van der Waals surface area contributed by atoms with Gasteiger partial charge in [-0.25, -0.2) is 0 Å². The third-order valence-electron chi connectivity index (χ3n) is 2.82. The van der Waals surface area contributed by atoms with Gasteiger partial charge in [0.05, 0.1) is 0 Å². The molecule has 1 heterocycles. The smallest absolute Gasteiger partial charge is 0.0203 e. The molecule has 1 aliphatic rings. The number of hydrogen-bond donors (Lipinski definition) is 1. The molecule has 0 spiro atoms. The van der Waals surface area contributed by atoms with Gasteiger partial charge in [-0.1, -0.05) is 20.4 Å². The molecule has 2 heteroatoms. The number of likely N-dealkylation sites (tertiary alicyclic amines) is 1. The Morgan fingerprint density at radius 3 is 2.43 bits per heavy atom. The van der Waals surface area contributed by atoms with Gasteiger partial charge in [0.25, 0.3) is 0 Å². The maximum Gasteiger partial charge on any atom is 0.0203 e. The summed E-state index contributed by atoms with van der Waals surface area (Å²) in [7, 11) is 1.98. The summed E-state index contributed by atoms with van der Waals surface area (Å²) in [6.07, 6.45) is 1.38. The van der Waals surface area contributed by atoms with Crippen LogP contribution < -0.4 is 5.32 Å². The van der Waals surface area contributed by atoms with Gasteiger partial charge >= 0.3 is 0 Å². The number of piperidine rings is 1. The van der Waals surface area contributed by atoms with Gasteiger partial charge in [-0.3, -0.25) is 4.90 Å². The van der Waals surface area contributed by atoms with E-state index in [2.05, 4.69) is 30.6 Å². The number of likely N-dealkylation sites (N-methyl/N-ethyl adjacent to an activating group) is 1. The van der Waals surface area contributed by atoms with E-state index in [1.807, 2.05) is 7.05 Å². The minimum atomic E-state index is 0.848. The Labute approximate surface area is 88.4 Å². The van der Waals surface area contributed by atoms with Crippen molar-refractivity contribution in [2.24, 2.45) is 11.8 Å². The lowest BCUT2D eigenvalue weighted by Crippen LogP contribution is -2.40. The van der Waals surface area contributed by atoms with Crippen molar-refractivity contribution >= 4 is 0 Å². The zero-order valence-electron chi connectivity index (χ0n) is 9.84. The number of hydrogen-bond acceptors (Lipinski definition) is 2. The Kier molecular flexibility index (Phi) is 4.63. The number of nitrogens with one attached hydrogen (secondary N) is 1. The van der Waals surface area contributed by atoms with Gasteiger partial charge in [0.1, 0.15) is 0 Å². The third kappa shape index (κ3) is 3.81. The second-order valence-electron chi connectivity index (χ2n) is 4.92. The molecule has 82 valence electrons. The minimum absolute atomic E-state index is 0.848. The van der Waals surface area contributed by atoms with Crippen LogP contribution in [0.3, 0.4) is 0 Å². The Bertz CT molecular complexity index is 179. The molecule has 1 saturated heterocycles. The van der Waals surface area contributed by atoms with Gasteiger partial charge in [0.2, 0.25) is 0 Å². The van der Waals surface area contributed by atoms with Crippen LogP contribution in [0.5, 0.6) is 0 Å². The van der Waals surface area contributed by atoms with Crippen LogP contribution in [0, 0.1) is 11.8 Å². The zero-order valence-corrected chi connectivity index (χ0v) is 9.84. The summed E-state index contributed by atoms with van der Waals surface area (Å²) < 4.78 is 0. The van der Waals surface area contributed by atoms with Crippen LogP contribution in [0.15, 0.2) is 12.2 Å². The fourth-order valence-electron chi connectivity index (χ4n) is 2.54. The van der Waals surface area contributed by atoms with Crippen molar-refractivity contribution in [3.63, 3.8) is 0 Å². The first-order valence-corrected chi connectivity index (χ1v) is 5.65. The van der Waals surface area contributed by atoms with Crippen molar-refractivity contribution < 1.29 is 0 Å². The number of rotatable bonds is 4. The molecule has 1 fully saturated rings. The molecule has 0 aliphatic carbocycles. The molecule has 1 rings (SSSR count). The SMILES string of the molecule is C=C(CNC)CN1CC(C)CC(C)C1. The second kappa shape index (κ2) is 5.52. The van der Waals surface area contributed by atoms with Gasteiger partial charge < -0.3 is 5.32 Å². The molecule has 0 bridgehead atoms. The Hall–Kier alpha value is -0.340. The lowest BCUT2D eigenvalue weighted by Gasteiger charge is -2.35. The van der Waals surface area contributed by atoms with Gasteiger partial charge in [-0.15, -0.1) is 0 Å². The summed E-state index contributed by atoms with van der Waals surface area (Å²) in [5.41, 5.74) is 1.30. The van der Waals surface area contributed by atoms with E-state index < -0.39 is 0 Å². The molecule has 0 aromatic rings. The van der Waals surface area contributed by atoms with Crippen LogP contribution in [0.25, 0.3) is 0 Å². The lowest BCUT2D eigenvalue weighted by atomic mass is 9.92. The van der Waals surface area contributed by atoms with E-state index in [-0.39, 0.29) is 0 Å². The summed E-state index contributed by atoms with van der Waals surface area (Å²) in [5.74, 6) is 1.70. The highest BCUT2D eigenvalue weighted by Gasteiger charge is 2.21. The van der Waals surface area contributed by atoms with E-state index in [4.69, 9.17) is 0 Å². The molecule has 1 aliphatic heterocycles. The van der Waals surface area contributed by atoms with Crippen LogP contribution >= 0.6 is 0 Å². The van der Waals surface area contributed by atoms with Crippen LogP contribution in [0.2, 0.25) is 0 Å². The van der Waals surface area contributed by atoms with Gasteiger partial charge in [0, 0.05) is 26.2 Å². The van der Waals surface area contributed by atoms with Crippen LogP contribution in [-0.4, -0.2) is 38.1 Å². The van der Waals surface area contributed by atoms with Gasteiger partial charge in [-0.2, -0.15) is 0 Å². The molecule has 0 aromatic carbocycles. The Balaban J connectivity index is 2.33. The van der Waals surface area contributed by atoms with E-state index >= 15 is 0 Å².